The Labute approximate surface area is 151 Å². The molecule has 0 atom stereocenters. The van der Waals surface area contributed by atoms with Crippen molar-refractivity contribution in [3.8, 4) is 0 Å². The average molecular weight is 387 g/mol. The number of carbonyl (C=O) groups excluding carboxylic acids is 1. The second kappa shape index (κ2) is 6.71. The summed E-state index contributed by atoms with van der Waals surface area (Å²) in [6, 6.07) is 0.554. The Kier molecular flexibility index (Phi) is 4.74. The number of pyridine rings is 1. The van der Waals surface area contributed by atoms with Gasteiger partial charge in [-0.3, -0.25) is 9.59 Å². The third kappa shape index (κ3) is 3.57. The summed E-state index contributed by atoms with van der Waals surface area (Å²) < 4.78 is 39.3. The molecule has 3 rings (SSSR count). The first-order valence-electron chi connectivity index (χ1n) is 7.77. The highest BCUT2D eigenvalue weighted by Crippen LogP contribution is 2.29. The Morgan fingerprint density at radius 1 is 1.35 bits per heavy atom. The van der Waals surface area contributed by atoms with Crippen LogP contribution >= 0.6 is 11.6 Å². The molecular weight excluding hydrogens is 373 g/mol. The van der Waals surface area contributed by atoms with Crippen molar-refractivity contribution < 1.29 is 18.0 Å². The van der Waals surface area contributed by atoms with Gasteiger partial charge in [0.15, 0.2) is 0 Å². The van der Waals surface area contributed by atoms with Crippen LogP contribution in [0.3, 0.4) is 0 Å². The fourth-order valence-electron chi connectivity index (χ4n) is 2.66. The predicted molar refractivity (Wildman–Crippen MR) is 86.4 cm³/mol. The Hall–Kier alpha value is -2.42. The minimum Gasteiger partial charge on any atom is -0.331 e. The van der Waals surface area contributed by atoms with Gasteiger partial charge in [0.05, 0.1) is 17.8 Å². The highest BCUT2D eigenvalue weighted by molar-refractivity contribution is 6.30. The molecule has 0 spiro atoms. The quantitative estimate of drug-likeness (QED) is 0.812. The van der Waals surface area contributed by atoms with Crippen LogP contribution in [0.1, 0.15) is 29.6 Å². The van der Waals surface area contributed by atoms with Gasteiger partial charge in [-0.2, -0.15) is 13.2 Å². The molecule has 0 bridgehead atoms. The highest BCUT2D eigenvalue weighted by atomic mass is 35.5. The molecule has 0 saturated heterocycles. The number of aromatic nitrogens is 3. The Morgan fingerprint density at radius 3 is 2.73 bits per heavy atom. The first-order valence-corrected chi connectivity index (χ1v) is 8.15. The second-order valence-electron chi connectivity index (χ2n) is 5.87. The molecule has 0 fully saturated rings. The summed E-state index contributed by atoms with van der Waals surface area (Å²) in [4.78, 5) is 34.4. The van der Waals surface area contributed by atoms with Crippen molar-refractivity contribution in [1.29, 1.82) is 0 Å². The molecule has 10 heteroatoms. The molecule has 1 aliphatic heterocycles. The van der Waals surface area contributed by atoms with Crippen LogP contribution in [0.5, 0.6) is 0 Å². The van der Waals surface area contributed by atoms with Crippen molar-refractivity contribution in [3.63, 3.8) is 0 Å². The Bertz CT molecular complexity index is 927. The summed E-state index contributed by atoms with van der Waals surface area (Å²) in [5.74, 6) is 0.150. The van der Waals surface area contributed by atoms with Crippen LogP contribution < -0.4 is 5.56 Å². The van der Waals surface area contributed by atoms with Gasteiger partial charge in [0.1, 0.15) is 17.4 Å². The molecule has 1 aliphatic rings. The number of carbonyl (C=O) groups is 1. The first-order chi connectivity index (χ1) is 12.2. The zero-order chi connectivity index (χ0) is 19.1. The van der Waals surface area contributed by atoms with E-state index in [9.17, 15) is 22.8 Å². The Balaban J connectivity index is 1.81. The summed E-state index contributed by atoms with van der Waals surface area (Å²) in [6.07, 6.45) is -1.77. The van der Waals surface area contributed by atoms with Crippen molar-refractivity contribution in [2.24, 2.45) is 0 Å². The van der Waals surface area contributed by atoms with Crippen molar-refractivity contribution >= 4 is 17.5 Å². The van der Waals surface area contributed by atoms with Gasteiger partial charge in [-0.05, 0) is 6.07 Å². The molecule has 138 valence electrons. The zero-order valence-electron chi connectivity index (χ0n) is 13.7. The predicted octanol–water partition coefficient (Wildman–Crippen LogP) is 2.42. The minimum absolute atomic E-state index is 0.227. The van der Waals surface area contributed by atoms with E-state index >= 15 is 0 Å². The molecule has 0 aliphatic carbocycles. The maximum atomic E-state index is 12.9. The summed E-state index contributed by atoms with van der Waals surface area (Å²) in [6.45, 7) is 1.85. The van der Waals surface area contributed by atoms with Crippen molar-refractivity contribution in [2.75, 3.05) is 0 Å². The normalized spacial score (nSPS) is 13.8. The maximum Gasteiger partial charge on any atom is 0.417 e. The number of nitrogens with zero attached hydrogens (tertiary/aromatic N) is 4. The highest BCUT2D eigenvalue weighted by Gasteiger charge is 2.33. The average Bonchev–Trinajstić information content (AvgIpc) is 3.00. The third-order valence-corrected chi connectivity index (χ3v) is 4.32. The minimum atomic E-state index is -4.67. The van der Waals surface area contributed by atoms with Crippen LogP contribution in [-0.2, 0) is 37.0 Å². The molecular formula is C16H14ClF3N4O2. The molecule has 6 nitrogen and oxygen atoms in total. The van der Waals surface area contributed by atoms with Crippen LogP contribution in [-0.4, -0.2) is 25.3 Å². The number of rotatable bonds is 3. The smallest absolute Gasteiger partial charge is 0.331 e. The largest absolute Gasteiger partial charge is 0.417 e. The van der Waals surface area contributed by atoms with E-state index in [1.54, 1.807) is 6.20 Å². The van der Waals surface area contributed by atoms with Crippen LogP contribution in [0, 0.1) is 0 Å². The van der Waals surface area contributed by atoms with Gasteiger partial charge < -0.3 is 9.47 Å². The number of amides is 1. The molecule has 0 N–H and O–H groups in total. The van der Waals surface area contributed by atoms with Gasteiger partial charge >= 0.3 is 6.18 Å². The van der Waals surface area contributed by atoms with Crippen LogP contribution in [0.15, 0.2) is 23.3 Å². The summed E-state index contributed by atoms with van der Waals surface area (Å²) in [5.41, 5.74) is -0.444. The first kappa shape index (κ1) is 18.4. The number of halogens is 4. The molecule has 0 radical (unpaired) electrons. The molecule has 1 amide bonds. The number of fused-ring (bicyclic) bond motifs is 1. The van der Waals surface area contributed by atoms with E-state index in [0.29, 0.717) is 34.8 Å². The van der Waals surface area contributed by atoms with Gasteiger partial charge in [0.25, 0.3) is 5.56 Å². The monoisotopic (exact) mass is 386 g/mol. The molecule has 3 heterocycles. The SMILES string of the molecule is CCc1ncc2c(n1)CN(C(=O)Cn1cc(C(F)(F)F)cc(Cl)c1=O)C2. The van der Waals surface area contributed by atoms with Crippen molar-refractivity contribution in [1.82, 2.24) is 19.4 Å². The number of alkyl halides is 3. The van der Waals surface area contributed by atoms with E-state index in [2.05, 4.69) is 9.97 Å². The molecule has 2 aromatic rings. The van der Waals surface area contributed by atoms with E-state index < -0.39 is 34.8 Å². The van der Waals surface area contributed by atoms with E-state index in [1.165, 1.54) is 4.90 Å². The lowest BCUT2D eigenvalue weighted by Crippen LogP contribution is -2.34. The number of hydrogen-bond acceptors (Lipinski definition) is 4. The molecule has 2 aromatic heterocycles. The number of aryl methyl sites for hydroxylation is 1. The zero-order valence-corrected chi connectivity index (χ0v) is 14.4. The van der Waals surface area contributed by atoms with Crippen LogP contribution in [0.25, 0.3) is 0 Å². The lowest BCUT2D eigenvalue weighted by Gasteiger charge is -2.17. The molecule has 0 unspecified atom stereocenters. The Morgan fingerprint density at radius 2 is 2.08 bits per heavy atom. The van der Waals surface area contributed by atoms with Crippen molar-refractivity contribution in [3.05, 3.63) is 56.5 Å². The summed E-state index contributed by atoms with van der Waals surface area (Å²) in [7, 11) is 0. The summed E-state index contributed by atoms with van der Waals surface area (Å²) in [5, 5.41) is -0.587. The van der Waals surface area contributed by atoms with Gasteiger partial charge in [0, 0.05) is 30.9 Å². The number of hydrogen-bond donors (Lipinski definition) is 0. The molecule has 0 aromatic carbocycles. The lowest BCUT2D eigenvalue weighted by molar-refractivity contribution is -0.138. The van der Waals surface area contributed by atoms with Gasteiger partial charge in [-0.15, -0.1) is 0 Å². The maximum absolute atomic E-state index is 12.9. The van der Waals surface area contributed by atoms with Gasteiger partial charge in [0.2, 0.25) is 5.91 Å². The van der Waals surface area contributed by atoms with Crippen LogP contribution in [0.2, 0.25) is 5.02 Å². The lowest BCUT2D eigenvalue weighted by atomic mass is 10.2. The van der Waals surface area contributed by atoms with Gasteiger partial charge in [-0.1, -0.05) is 18.5 Å². The third-order valence-electron chi connectivity index (χ3n) is 4.05. The van der Waals surface area contributed by atoms with E-state index in [-0.39, 0.29) is 13.1 Å². The van der Waals surface area contributed by atoms with E-state index in [4.69, 9.17) is 11.6 Å². The van der Waals surface area contributed by atoms with Gasteiger partial charge in [-0.25, -0.2) is 9.97 Å². The van der Waals surface area contributed by atoms with Crippen LogP contribution in [0.4, 0.5) is 13.2 Å². The molecule has 0 saturated carbocycles. The fourth-order valence-corrected chi connectivity index (χ4v) is 2.88. The summed E-state index contributed by atoms with van der Waals surface area (Å²) >= 11 is 5.60. The fraction of sp³-hybridized carbons (Fsp3) is 0.375. The standard InChI is InChI=1S/C16H14ClF3N4O2/c1-2-13-21-4-9-5-23(7-12(9)22-13)14(25)8-24-6-10(16(18,19)20)3-11(17)15(24)26/h3-4,6H,2,5,7-8H2,1H3. The molecule has 26 heavy (non-hydrogen) atoms. The van der Waals surface area contributed by atoms with E-state index in [1.807, 2.05) is 6.92 Å². The van der Waals surface area contributed by atoms with Crippen molar-refractivity contribution in [2.45, 2.75) is 39.2 Å². The topological polar surface area (TPSA) is 68.1 Å². The second-order valence-corrected chi connectivity index (χ2v) is 6.28. The van der Waals surface area contributed by atoms with E-state index in [0.717, 1.165) is 5.56 Å².